The van der Waals surface area contributed by atoms with Crippen LogP contribution >= 0.6 is 0 Å². The minimum absolute atomic E-state index is 0.135. The van der Waals surface area contributed by atoms with Gasteiger partial charge in [-0.15, -0.1) is 0 Å². The molecule has 0 aromatic heterocycles. The van der Waals surface area contributed by atoms with Crippen molar-refractivity contribution in [1.29, 1.82) is 0 Å². The van der Waals surface area contributed by atoms with E-state index in [0.717, 1.165) is 31.5 Å². The van der Waals surface area contributed by atoms with Crippen LogP contribution in [0.15, 0.2) is 65.8 Å². The van der Waals surface area contributed by atoms with Crippen molar-refractivity contribution in [3.63, 3.8) is 0 Å². The fourth-order valence-corrected chi connectivity index (χ4v) is 4.12. The molecule has 2 aromatic carbocycles. The fraction of sp³-hybridized carbons (Fsp3) is 0.391. The summed E-state index contributed by atoms with van der Waals surface area (Å²) in [6.45, 7) is 1.47. The average Bonchev–Trinajstić information content (AvgIpc) is 3.10. The molecule has 4 nitrogen and oxygen atoms in total. The van der Waals surface area contributed by atoms with Crippen molar-refractivity contribution < 1.29 is 4.79 Å². The SMILES string of the molecule is O=C1/C(=N/N(Cc2ccccc2)c2ccccc2)CCN1C1CCCCC1. The quantitative estimate of drug-likeness (QED) is 0.729. The van der Waals surface area contributed by atoms with Gasteiger partial charge in [-0.2, -0.15) is 5.10 Å². The zero-order chi connectivity index (χ0) is 18.5. The number of likely N-dealkylation sites (tertiary alicyclic amines) is 1. The van der Waals surface area contributed by atoms with Gasteiger partial charge in [-0.25, -0.2) is 0 Å². The van der Waals surface area contributed by atoms with E-state index in [2.05, 4.69) is 17.0 Å². The predicted molar refractivity (Wildman–Crippen MR) is 110 cm³/mol. The summed E-state index contributed by atoms with van der Waals surface area (Å²) in [5.41, 5.74) is 2.89. The van der Waals surface area contributed by atoms with Crippen molar-refractivity contribution in [3.05, 3.63) is 66.2 Å². The Bertz CT molecular complexity index is 782. The molecule has 1 aliphatic carbocycles. The van der Waals surface area contributed by atoms with Crippen LogP contribution in [0.2, 0.25) is 0 Å². The van der Waals surface area contributed by atoms with Crippen molar-refractivity contribution in [2.75, 3.05) is 11.6 Å². The number of hydrogen-bond donors (Lipinski definition) is 0. The molecule has 0 radical (unpaired) electrons. The molecular formula is C23H27N3O. The van der Waals surface area contributed by atoms with Crippen LogP contribution in [0, 0.1) is 0 Å². The summed E-state index contributed by atoms with van der Waals surface area (Å²) in [6.07, 6.45) is 6.82. The highest BCUT2D eigenvalue weighted by molar-refractivity contribution is 6.40. The first kappa shape index (κ1) is 17.8. The third-order valence-corrected chi connectivity index (χ3v) is 5.58. The lowest BCUT2D eigenvalue weighted by atomic mass is 9.94. The molecule has 0 bridgehead atoms. The molecule has 0 N–H and O–H groups in total. The van der Waals surface area contributed by atoms with Crippen LogP contribution in [0.3, 0.4) is 0 Å². The summed E-state index contributed by atoms with van der Waals surface area (Å²) in [7, 11) is 0. The molecule has 1 heterocycles. The van der Waals surface area contributed by atoms with Gasteiger partial charge in [0.1, 0.15) is 5.71 Å². The standard InChI is InChI=1S/C23H27N3O/c27-23-22(16-17-25(23)20-12-6-2-7-13-20)24-26(21-14-8-3-9-15-21)18-19-10-4-1-5-11-19/h1,3-5,8-11,14-15,20H,2,6-7,12-13,16-18H2/b24-22+. The van der Waals surface area contributed by atoms with Gasteiger partial charge in [0.15, 0.2) is 0 Å². The van der Waals surface area contributed by atoms with E-state index < -0.39 is 0 Å². The first-order valence-corrected chi connectivity index (χ1v) is 10.1. The molecule has 1 aliphatic heterocycles. The number of carbonyl (C=O) groups is 1. The zero-order valence-corrected chi connectivity index (χ0v) is 15.8. The number of rotatable bonds is 5. The summed E-state index contributed by atoms with van der Waals surface area (Å²) in [6, 6.07) is 20.8. The van der Waals surface area contributed by atoms with Gasteiger partial charge in [0.25, 0.3) is 5.91 Å². The third-order valence-electron chi connectivity index (χ3n) is 5.58. The molecule has 4 rings (SSSR count). The van der Waals surface area contributed by atoms with Crippen LogP contribution in [0.4, 0.5) is 5.69 Å². The molecule has 4 heteroatoms. The maximum absolute atomic E-state index is 13.0. The topological polar surface area (TPSA) is 35.9 Å². The molecule has 1 saturated heterocycles. The molecule has 1 saturated carbocycles. The first-order chi connectivity index (χ1) is 13.3. The van der Waals surface area contributed by atoms with Crippen LogP contribution in [-0.2, 0) is 11.3 Å². The Morgan fingerprint density at radius 1 is 0.926 bits per heavy atom. The van der Waals surface area contributed by atoms with Gasteiger partial charge in [0.05, 0.1) is 12.2 Å². The molecule has 2 fully saturated rings. The van der Waals surface area contributed by atoms with Gasteiger partial charge < -0.3 is 4.90 Å². The number of amides is 1. The Labute approximate surface area is 161 Å². The smallest absolute Gasteiger partial charge is 0.270 e. The van der Waals surface area contributed by atoms with Gasteiger partial charge in [0.2, 0.25) is 0 Å². The maximum Gasteiger partial charge on any atom is 0.270 e. The number of hydrogen-bond acceptors (Lipinski definition) is 3. The summed E-state index contributed by atoms with van der Waals surface area (Å²) in [5, 5.41) is 6.79. The second-order valence-electron chi connectivity index (χ2n) is 7.47. The minimum Gasteiger partial charge on any atom is -0.334 e. The lowest BCUT2D eigenvalue weighted by Gasteiger charge is -2.30. The van der Waals surface area contributed by atoms with E-state index in [0.29, 0.717) is 18.3 Å². The van der Waals surface area contributed by atoms with Gasteiger partial charge >= 0.3 is 0 Å². The van der Waals surface area contributed by atoms with Crippen molar-refractivity contribution >= 4 is 17.3 Å². The highest BCUT2D eigenvalue weighted by atomic mass is 16.2. The number of nitrogens with zero attached hydrogens (tertiary/aromatic N) is 3. The Morgan fingerprint density at radius 2 is 1.59 bits per heavy atom. The minimum atomic E-state index is 0.135. The summed E-state index contributed by atoms with van der Waals surface area (Å²) < 4.78 is 0. The molecule has 1 amide bonds. The number of anilines is 1. The monoisotopic (exact) mass is 361 g/mol. The molecule has 0 atom stereocenters. The highest BCUT2D eigenvalue weighted by Gasteiger charge is 2.34. The first-order valence-electron chi connectivity index (χ1n) is 10.1. The second-order valence-corrected chi connectivity index (χ2v) is 7.47. The van der Waals surface area contributed by atoms with Crippen LogP contribution in [0.1, 0.15) is 44.1 Å². The molecule has 0 unspecified atom stereocenters. The number of benzene rings is 2. The Hall–Kier alpha value is -2.62. The third kappa shape index (κ3) is 4.21. The molecule has 2 aromatic rings. The van der Waals surface area contributed by atoms with Gasteiger partial charge in [-0.3, -0.25) is 9.80 Å². The fourth-order valence-electron chi connectivity index (χ4n) is 4.12. The van der Waals surface area contributed by atoms with Gasteiger partial charge in [-0.05, 0) is 30.5 Å². The van der Waals surface area contributed by atoms with Crippen LogP contribution in [0.25, 0.3) is 0 Å². The van der Waals surface area contributed by atoms with Crippen LogP contribution in [0.5, 0.6) is 0 Å². The normalized spacial score (nSPS) is 19.6. The number of carbonyl (C=O) groups excluding carboxylic acids is 1. The summed E-state index contributed by atoms with van der Waals surface area (Å²) in [5.74, 6) is 0.135. The van der Waals surface area contributed by atoms with E-state index in [1.54, 1.807) is 0 Å². The van der Waals surface area contributed by atoms with Crippen LogP contribution < -0.4 is 5.01 Å². The van der Waals surface area contributed by atoms with Crippen molar-refractivity contribution in [3.8, 4) is 0 Å². The van der Waals surface area contributed by atoms with E-state index in [9.17, 15) is 4.79 Å². The number of para-hydroxylation sites is 1. The lowest BCUT2D eigenvalue weighted by Crippen LogP contribution is -2.39. The van der Waals surface area contributed by atoms with E-state index in [-0.39, 0.29) is 5.91 Å². The Kier molecular flexibility index (Phi) is 5.52. The molecule has 0 spiro atoms. The lowest BCUT2D eigenvalue weighted by molar-refractivity contribution is -0.125. The van der Waals surface area contributed by atoms with E-state index in [1.807, 2.05) is 53.5 Å². The van der Waals surface area contributed by atoms with Crippen molar-refractivity contribution in [2.24, 2.45) is 5.10 Å². The predicted octanol–water partition coefficient (Wildman–Crippen LogP) is 4.61. The van der Waals surface area contributed by atoms with Crippen LogP contribution in [-0.4, -0.2) is 29.1 Å². The average molecular weight is 361 g/mol. The van der Waals surface area contributed by atoms with E-state index in [1.165, 1.54) is 24.8 Å². The molecule has 27 heavy (non-hydrogen) atoms. The van der Waals surface area contributed by atoms with E-state index in [4.69, 9.17) is 5.10 Å². The van der Waals surface area contributed by atoms with Crippen molar-refractivity contribution in [2.45, 2.75) is 51.1 Å². The summed E-state index contributed by atoms with van der Waals surface area (Å²) in [4.78, 5) is 15.1. The van der Waals surface area contributed by atoms with Gasteiger partial charge in [-0.1, -0.05) is 67.8 Å². The second kappa shape index (κ2) is 8.38. The molecular weight excluding hydrogens is 334 g/mol. The highest BCUT2D eigenvalue weighted by Crippen LogP contribution is 2.26. The zero-order valence-electron chi connectivity index (χ0n) is 15.8. The Balaban J connectivity index is 1.56. The van der Waals surface area contributed by atoms with Gasteiger partial charge in [0, 0.05) is 19.0 Å². The molecule has 140 valence electrons. The summed E-state index contributed by atoms with van der Waals surface area (Å²) >= 11 is 0. The van der Waals surface area contributed by atoms with E-state index >= 15 is 0 Å². The number of hydrazone groups is 1. The largest absolute Gasteiger partial charge is 0.334 e. The molecule has 2 aliphatic rings. The van der Waals surface area contributed by atoms with Crippen molar-refractivity contribution in [1.82, 2.24) is 4.90 Å². The Morgan fingerprint density at radius 3 is 2.30 bits per heavy atom. The maximum atomic E-state index is 13.0.